The summed E-state index contributed by atoms with van der Waals surface area (Å²) in [6, 6.07) is 5.93. The predicted octanol–water partition coefficient (Wildman–Crippen LogP) is 2.66. The van der Waals surface area contributed by atoms with Gasteiger partial charge in [0.2, 0.25) is 5.76 Å². The quantitative estimate of drug-likeness (QED) is 0.501. The first-order chi connectivity index (χ1) is 11.1. The van der Waals surface area contributed by atoms with E-state index in [0.717, 1.165) is 11.6 Å². The van der Waals surface area contributed by atoms with Crippen LogP contribution in [0.25, 0.3) is 6.08 Å². The molecular formula is C16H15FN2O4. The smallest absolute Gasteiger partial charge is 0.373 e. The van der Waals surface area contributed by atoms with Gasteiger partial charge in [-0.1, -0.05) is 12.1 Å². The molecule has 0 unspecified atom stereocenters. The van der Waals surface area contributed by atoms with Crippen molar-refractivity contribution in [2.24, 2.45) is 0 Å². The highest BCUT2D eigenvalue weighted by atomic mass is 19.1. The number of ether oxygens (including phenoxy) is 2. The first-order valence-corrected chi connectivity index (χ1v) is 6.85. The second kappa shape index (κ2) is 7.88. The van der Waals surface area contributed by atoms with Gasteiger partial charge >= 0.3 is 5.97 Å². The molecule has 0 spiro atoms. The van der Waals surface area contributed by atoms with Gasteiger partial charge in [-0.05, 0) is 24.6 Å². The Kier molecular flexibility index (Phi) is 5.62. The Morgan fingerprint density at radius 1 is 1.26 bits per heavy atom. The fourth-order valence-electron chi connectivity index (χ4n) is 1.61. The van der Waals surface area contributed by atoms with Gasteiger partial charge in [-0.2, -0.15) is 0 Å². The minimum Gasteiger partial charge on any atom is -0.502 e. The summed E-state index contributed by atoms with van der Waals surface area (Å²) < 4.78 is 22.9. The molecule has 23 heavy (non-hydrogen) atoms. The second-order valence-corrected chi connectivity index (χ2v) is 4.44. The summed E-state index contributed by atoms with van der Waals surface area (Å²) in [4.78, 5) is 19.1. The molecule has 0 radical (unpaired) electrons. The van der Waals surface area contributed by atoms with Gasteiger partial charge < -0.3 is 14.6 Å². The Bertz CT molecular complexity index is 684. The summed E-state index contributed by atoms with van der Waals surface area (Å²) in [5, 5.41) is 9.49. The Hall–Kier alpha value is -2.96. The van der Waals surface area contributed by atoms with Crippen molar-refractivity contribution in [1.82, 2.24) is 9.97 Å². The summed E-state index contributed by atoms with van der Waals surface area (Å²) in [5.74, 6) is -1.18. The van der Waals surface area contributed by atoms with Crippen molar-refractivity contribution in [2.75, 3.05) is 6.61 Å². The van der Waals surface area contributed by atoms with Crippen LogP contribution in [0.2, 0.25) is 0 Å². The normalized spacial score (nSPS) is 11.1. The second-order valence-electron chi connectivity index (χ2n) is 4.44. The minimum atomic E-state index is -0.840. The van der Waals surface area contributed by atoms with Crippen molar-refractivity contribution in [3.05, 3.63) is 59.6 Å². The third-order valence-electron chi connectivity index (χ3n) is 2.72. The van der Waals surface area contributed by atoms with E-state index in [1.165, 1.54) is 24.5 Å². The molecule has 1 N–H and O–H groups in total. The van der Waals surface area contributed by atoms with E-state index in [2.05, 4.69) is 14.7 Å². The van der Waals surface area contributed by atoms with Gasteiger partial charge in [0, 0.05) is 6.08 Å². The highest BCUT2D eigenvalue weighted by Crippen LogP contribution is 2.11. The predicted molar refractivity (Wildman–Crippen MR) is 80.0 cm³/mol. The maximum absolute atomic E-state index is 12.8. The number of aliphatic hydroxyl groups is 1. The van der Waals surface area contributed by atoms with E-state index >= 15 is 0 Å². The summed E-state index contributed by atoms with van der Waals surface area (Å²) in [5.41, 5.74) is 0.801. The van der Waals surface area contributed by atoms with Gasteiger partial charge in [0.25, 0.3) is 0 Å². The van der Waals surface area contributed by atoms with Crippen LogP contribution in [0.15, 0.2) is 42.4 Å². The fraction of sp³-hybridized carbons (Fsp3) is 0.188. The average Bonchev–Trinajstić information content (AvgIpc) is 2.56. The van der Waals surface area contributed by atoms with Crippen LogP contribution in [-0.4, -0.2) is 27.7 Å². The number of halogens is 1. The lowest BCUT2D eigenvalue weighted by Gasteiger charge is -2.05. The molecule has 120 valence electrons. The van der Waals surface area contributed by atoms with Crippen LogP contribution in [0.3, 0.4) is 0 Å². The Morgan fingerprint density at radius 3 is 2.52 bits per heavy atom. The van der Waals surface area contributed by atoms with E-state index < -0.39 is 11.7 Å². The fourth-order valence-corrected chi connectivity index (χ4v) is 1.61. The molecule has 0 bridgehead atoms. The van der Waals surface area contributed by atoms with Gasteiger partial charge in [-0.25, -0.2) is 19.2 Å². The molecule has 0 saturated heterocycles. The zero-order valence-corrected chi connectivity index (χ0v) is 12.4. The Morgan fingerprint density at radius 2 is 1.91 bits per heavy atom. The SMILES string of the molecule is CCOC(=O)/C(O)=C/c1ncc(OCc2ccc(F)cc2)cn1. The van der Waals surface area contributed by atoms with E-state index in [1.807, 2.05) is 0 Å². The molecule has 2 aromatic rings. The van der Waals surface area contributed by atoms with E-state index in [0.29, 0.717) is 5.75 Å². The maximum atomic E-state index is 12.8. The van der Waals surface area contributed by atoms with Crippen LogP contribution in [-0.2, 0) is 16.1 Å². The zero-order valence-electron chi connectivity index (χ0n) is 12.4. The average molecular weight is 318 g/mol. The molecule has 6 nitrogen and oxygen atoms in total. The number of carbonyl (C=O) groups excluding carboxylic acids is 1. The van der Waals surface area contributed by atoms with Crippen LogP contribution in [0.5, 0.6) is 5.75 Å². The molecule has 0 saturated carbocycles. The molecule has 0 amide bonds. The van der Waals surface area contributed by atoms with Crippen molar-refractivity contribution in [3.63, 3.8) is 0 Å². The molecular weight excluding hydrogens is 303 g/mol. The largest absolute Gasteiger partial charge is 0.502 e. The highest BCUT2D eigenvalue weighted by molar-refractivity contribution is 5.90. The highest BCUT2D eigenvalue weighted by Gasteiger charge is 2.09. The summed E-state index contributed by atoms with van der Waals surface area (Å²) in [6.45, 7) is 2.04. The molecule has 2 rings (SSSR count). The van der Waals surface area contributed by atoms with E-state index in [4.69, 9.17) is 4.74 Å². The molecule has 0 aliphatic carbocycles. The first-order valence-electron chi connectivity index (χ1n) is 6.85. The van der Waals surface area contributed by atoms with Crippen molar-refractivity contribution < 1.29 is 23.8 Å². The van der Waals surface area contributed by atoms with Crippen molar-refractivity contribution in [1.29, 1.82) is 0 Å². The van der Waals surface area contributed by atoms with Crippen LogP contribution >= 0.6 is 0 Å². The van der Waals surface area contributed by atoms with Gasteiger partial charge in [0.05, 0.1) is 19.0 Å². The number of aliphatic hydroxyl groups excluding tert-OH is 1. The van der Waals surface area contributed by atoms with Gasteiger partial charge in [0.15, 0.2) is 11.6 Å². The standard InChI is InChI=1S/C16H15FN2O4/c1-2-22-16(21)14(20)7-15-18-8-13(9-19-15)23-10-11-3-5-12(17)6-4-11/h3-9,20H,2,10H2,1H3/b14-7-. The molecule has 1 aromatic carbocycles. The number of esters is 1. The molecule has 0 aliphatic rings. The zero-order chi connectivity index (χ0) is 16.7. The molecule has 1 heterocycles. The lowest BCUT2D eigenvalue weighted by molar-refractivity contribution is -0.141. The number of nitrogens with zero attached hydrogens (tertiary/aromatic N) is 2. The van der Waals surface area contributed by atoms with Crippen LogP contribution in [0.4, 0.5) is 4.39 Å². The molecule has 0 fully saturated rings. The molecule has 0 aliphatic heterocycles. The minimum absolute atomic E-state index is 0.143. The number of rotatable bonds is 6. The van der Waals surface area contributed by atoms with Gasteiger partial charge in [-0.15, -0.1) is 0 Å². The number of benzene rings is 1. The third-order valence-corrected chi connectivity index (χ3v) is 2.72. The first kappa shape index (κ1) is 16.4. The van der Waals surface area contributed by atoms with Gasteiger partial charge in [0.1, 0.15) is 12.4 Å². The van der Waals surface area contributed by atoms with Crippen molar-refractivity contribution in [3.8, 4) is 5.75 Å². The topological polar surface area (TPSA) is 81.5 Å². The monoisotopic (exact) mass is 318 g/mol. The molecule has 0 atom stereocenters. The number of hydrogen-bond acceptors (Lipinski definition) is 6. The lowest BCUT2D eigenvalue weighted by Crippen LogP contribution is -2.07. The maximum Gasteiger partial charge on any atom is 0.373 e. The Balaban J connectivity index is 1.95. The van der Waals surface area contributed by atoms with Crippen LogP contribution < -0.4 is 4.74 Å². The molecule has 7 heteroatoms. The van der Waals surface area contributed by atoms with Gasteiger partial charge in [-0.3, -0.25) is 0 Å². The third kappa shape index (κ3) is 5.06. The lowest BCUT2D eigenvalue weighted by atomic mass is 10.2. The number of aromatic nitrogens is 2. The Labute approximate surface area is 132 Å². The number of carbonyl (C=O) groups is 1. The summed E-state index contributed by atoms with van der Waals surface area (Å²) in [6.07, 6.45) is 3.91. The van der Waals surface area contributed by atoms with E-state index in [9.17, 15) is 14.3 Å². The number of hydrogen-bond donors (Lipinski definition) is 1. The van der Waals surface area contributed by atoms with E-state index in [1.54, 1.807) is 19.1 Å². The summed E-state index contributed by atoms with van der Waals surface area (Å²) >= 11 is 0. The van der Waals surface area contributed by atoms with Crippen molar-refractivity contribution >= 4 is 12.0 Å². The van der Waals surface area contributed by atoms with Crippen LogP contribution in [0.1, 0.15) is 18.3 Å². The summed E-state index contributed by atoms with van der Waals surface area (Å²) in [7, 11) is 0. The van der Waals surface area contributed by atoms with Crippen LogP contribution in [0, 0.1) is 5.82 Å². The van der Waals surface area contributed by atoms with E-state index in [-0.39, 0.29) is 24.9 Å². The molecule has 1 aromatic heterocycles. The van der Waals surface area contributed by atoms with Crippen molar-refractivity contribution in [2.45, 2.75) is 13.5 Å².